The molecule has 16 heavy (non-hydrogen) atoms. The van der Waals surface area contributed by atoms with Crippen LogP contribution >= 0.6 is 22.6 Å². The van der Waals surface area contributed by atoms with Crippen LogP contribution < -0.4 is 0 Å². The second-order valence-corrected chi connectivity index (χ2v) is 5.92. The predicted octanol–water partition coefficient (Wildman–Crippen LogP) is 3.71. The molecule has 0 bridgehead atoms. The van der Waals surface area contributed by atoms with Gasteiger partial charge in [-0.15, -0.1) is 0 Å². The van der Waals surface area contributed by atoms with Gasteiger partial charge < -0.3 is 9.47 Å². The first-order chi connectivity index (χ1) is 7.85. The van der Waals surface area contributed by atoms with E-state index in [1.807, 2.05) is 0 Å². The van der Waals surface area contributed by atoms with Gasteiger partial charge in [0.25, 0.3) is 0 Å². The number of rotatable bonds is 3. The third-order valence-corrected chi connectivity index (χ3v) is 5.26. The number of halogens is 1. The lowest BCUT2D eigenvalue weighted by atomic mass is 9.95. The maximum absolute atomic E-state index is 6.46. The van der Waals surface area contributed by atoms with Crippen LogP contribution in [0.25, 0.3) is 0 Å². The smallest absolute Gasteiger partial charge is 0.0819 e. The second-order valence-electron chi connectivity index (χ2n) is 5.16. The zero-order valence-corrected chi connectivity index (χ0v) is 12.2. The van der Waals surface area contributed by atoms with E-state index in [0.29, 0.717) is 6.10 Å². The standard InChI is InChI=1S/C13H23IO2/c14-11-13(7-9-15-10-8-13)16-12-5-3-1-2-4-6-12/h12H,1-11H2. The van der Waals surface area contributed by atoms with E-state index in [1.165, 1.54) is 38.5 Å². The molecule has 0 aromatic rings. The monoisotopic (exact) mass is 338 g/mol. The van der Waals surface area contributed by atoms with E-state index in [0.717, 1.165) is 30.5 Å². The molecule has 0 unspecified atom stereocenters. The van der Waals surface area contributed by atoms with Crippen LogP contribution in [0.15, 0.2) is 0 Å². The minimum Gasteiger partial charge on any atom is -0.381 e. The molecule has 0 aromatic heterocycles. The zero-order valence-electron chi connectivity index (χ0n) is 10.0. The van der Waals surface area contributed by atoms with Gasteiger partial charge in [0.1, 0.15) is 0 Å². The van der Waals surface area contributed by atoms with Gasteiger partial charge in [-0.3, -0.25) is 0 Å². The van der Waals surface area contributed by atoms with Crippen molar-refractivity contribution in [3.8, 4) is 0 Å². The highest BCUT2D eigenvalue weighted by Gasteiger charge is 2.35. The lowest BCUT2D eigenvalue weighted by molar-refractivity contribution is -0.131. The van der Waals surface area contributed by atoms with Gasteiger partial charge in [0.05, 0.1) is 11.7 Å². The van der Waals surface area contributed by atoms with E-state index in [1.54, 1.807) is 0 Å². The number of alkyl halides is 1. The molecule has 1 aliphatic carbocycles. The molecule has 0 amide bonds. The summed E-state index contributed by atoms with van der Waals surface area (Å²) < 4.78 is 13.0. The van der Waals surface area contributed by atoms with Crippen molar-refractivity contribution >= 4 is 22.6 Å². The first-order valence-electron chi connectivity index (χ1n) is 6.66. The Bertz CT molecular complexity index is 194. The SMILES string of the molecule is ICC1(OC2CCCCCC2)CCOCC1. The van der Waals surface area contributed by atoms with Gasteiger partial charge in [-0.05, 0) is 12.8 Å². The van der Waals surface area contributed by atoms with E-state index < -0.39 is 0 Å². The summed E-state index contributed by atoms with van der Waals surface area (Å²) in [5, 5.41) is 0. The Balaban J connectivity index is 1.88. The summed E-state index contributed by atoms with van der Waals surface area (Å²) in [4.78, 5) is 0. The minimum atomic E-state index is 0.133. The van der Waals surface area contributed by atoms with Crippen LogP contribution in [-0.2, 0) is 9.47 Å². The average Bonchev–Trinajstić information content (AvgIpc) is 2.59. The van der Waals surface area contributed by atoms with Crippen molar-refractivity contribution < 1.29 is 9.47 Å². The summed E-state index contributed by atoms with van der Waals surface area (Å²) in [6.07, 6.45) is 10.8. The highest BCUT2D eigenvalue weighted by molar-refractivity contribution is 14.1. The summed E-state index contributed by atoms with van der Waals surface area (Å²) in [6.45, 7) is 1.77. The van der Waals surface area contributed by atoms with Crippen LogP contribution in [0.1, 0.15) is 51.4 Å². The van der Waals surface area contributed by atoms with Crippen LogP contribution in [-0.4, -0.2) is 29.3 Å². The quantitative estimate of drug-likeness (QED) is 0.444. The van der Waals surface area contributed by atoms with Gasteiger partial charge in [-0.1, -0.05) is 48.3 Å². The van der Waals surface area contributed by atoms with Crippen molar-refractivity contribution in [2.75, 3.05) is 17.6 Å². The predicted molar refractivity (Wildman–Crippen MR) is 74.2 cm³/mol. The van der Waals surface area contributed by atoms with E-state index in [9.17, 15) is 0 Å². The van der Waals surface area contributed by atoms with Crippen molar-refractivity contribution in [2.45, 2.75) is 63.1 Å². The molecule has 2 fully saturated rings. The highest BCUT2D eigenvalue weighted by Crippen LogP contribution is 2.32. The second kappa shape index (κ2) is 6.55. The Labute approximate surface area is 113 Å². The fourth-order valence-corrected chi connectivity index (χ4v) is 3.68. The van der Waals surface area contributed by atoms with Gasteiger partial charge >= 0.3 is 0 Å². The number of hydrogen-bond acceptors (Lipinski definition) is 2. The Kier molecular flexibility index (Phi) is 5.36. The lowest BCUT2D eigenvalue weighted by Gasteiger charge is -2.38. The maximum Gasteiger partial charge on any atom is 0.0819 e. The van der Waals surface area contributed by atoms with Gasteiger partial charge in [0.2, 0.25) is 0 Å². The van der Waals surface area contributed by atoms with Gasteiger partial charge in [-0.25, -0.2) is 0 Å². The topological polar surface area (TPSA) is 18.5 Å². The van der Waals surface area contributed by atoms with Crippen LogP contribution in [0.5, 0.6) is 0 Å². The molecule has 0 radical (unpaired) electrons. The van der Waals surface area contributed by atoms with E-state index in [-0.39, 0.29) is 5.60 Å². The highest BCUT2D eigenvalue weighted by atomic mass is 127. The Morgan fingerprint density at radius 3 is 2.25 bits per heavy atom. The number of ether oxygens (including phenoxy) is 2. The molecule has 94 valence electrons. The molecule has 0 aromatic carbocycles. The molecule has 2 aliphatic rings. The summed E-state index contributed by atoms with van der Waals surface area (Å²) in [5.74, 6) is 0. The van der Waals surface area contributed by atoms with E-state index in [2.05, 4.69) is 22.6 Å². The van der Waals surface area contributed by atoms with Crippen molar-refractivity contribution in [1.29, 1.82) is 0 Å². The summed E-state index contributed by atoms with van der Waals surface area (Å²) in [7, 11) is 0. The third kappa shape index (κ3) is 3.57. The number of hydrogen-bond donors (Lipinski definition) is 0. The molecular weight excluding hydrogens is 315 g/mol. The molecule has 2 rings (SSSR count). The van der Waals surface area contributed by atoms with Gasteiger partial charge in [0, 0.05) is 30.5 Å². The fourth-order valence-electron chi connectivity index (χ4n) is 2.74. The van der Waals surface area contributed by atoms with Gasteiger partial charge in [0.15, 0.2) is 0 Å². The Morgan fingerprint density at radius 2 is 1.69 bits per heavy atom. The summed E-state index contributed by atoms with van der Waals surface area (Å²) in [6, 6.07) is 0. The zero-order chi connectivity index (χ0) is 11.3. The molecule has 1 saturated heterocycles. The Hall–Kier alpha value is 0.650. The molecule has 0 N–H and O–H groups in total. The van der Waals surface area contributed by atoms with Crippen molar-refractivity contribution in [3.05, 3.63) is 0 Å². The molecule has 3 heteroatoms. The first-order valence-corrected chi connectivity index (χ1v) is 8.19. The molecule has 0 atom stereocenters. The maximum atomic E-state index is 6.46. The lowest BCUT2D eigenvalue weighted by Crippen LogP contribution is -2.43. The summed E-state index contributed by atoms with van der Waals surface area (Å²) >= 11 is 2.48. The minimum absolute atomic E-state index is 0.133. The average molecular weight is 338 g/mol. The Morgan fingerprint density at radius 1 is 1.06 bits per heavy atom. The molecule has 2 nitrogen and oxygen atoms in total. The van der Waals surface area contributed by atoms with E-state index >= 15 is 0 Å². The molecule has 1 aliphatic heterocycles. The third-order valence-electron chi connectivity index (χ3n) is 3.87. The molecular formula is C13H23IO2. The van der Waals surface area contributed by atoms with Crippen LogP contribution in [0.2, 0.25) is 0 Å². The van der Waals surface area contributed by atoms with Crippen LogP contribution in [0.4, 0.5) is 0 Å². The van der Waals surface area contributed by atoms with Crippen molar-refractivity contribution in [2.24, 2.45) is 0 Å². The van der Waals surface area contributed by atoms with Crippen LogP contribution in [0.3, 0.4) is 0 Å². The first kappa shape index (κ1) is 13.1. The van der Waals surface area contributed by atoms with E-state index in [4.69, 9.17) is 9.47 Å². The molecule has 1 saturated carbocycles. The molecule has 0 spiro atoms. The van der Waals surface area contributed by atoms with Crippen molar-refractivity contribution in [1.82, 2.24) is 0 Å². The normalized spacial score (nSPS) is 27.6. The fraction of sp³-hybridized carbons (Fsp3) is 1.00. The van der Waals surface area contributed by atoms with Gasteiger partial charge in [-0.2, -0.15) is 0 Å². The van der Waals surface area contributed by atoms with Crippen molar-refractivity contribution in [3.63, 3.8) is 0 Å². The van der Waals surface area contributed by atoms with Crippen LogP contribution in [0, 0.1) is 0 Å². The molecule has 1 heterocycles. The summed E-state index contributed by atoms with van der Waals surface area (Å²) in [5.41, 5.74) is 0.133. The largest absolute Gasteiger partial charge is 0.381 e.